The summed E-state index contributed by atoms with van der Waals surface area (Å²) >= 11 is -3.39. The van der Waals surface area contributed by atoms with Crippen molar-refractivity contribution >= 4 is 49.4 Å². The van der Waals surface area contributed by atoms with Crippen LogP contribution >= 0.6 is 24.8 Å². The molecule has 0 heterocycles. The maximum absolute atomic E-state index is 3.39. The maximum atomic E-state index is 2.70. The summed E-state index contributed by atoms with van der Waals surface area (Å²) < 4.78 is 6.53. The van der Waals surface area contributed by atoms with Crippen molar-refractivity contribution < 1.29 is 17.4 Å². The van der Waals surface area contributed by atoms with Crippen molar-refractivity contribution in [2.75, 3.05) is 0 Å². The Bertz CT molecular complexity index is 1250. The van der Waals surface area contributed by atoms with E-state index < -0.39 is 17.4 Å². The Morgan fingerprint density at radius 2 is 1.13 bits per heavy atom. The van der Waals surface area contributed by atoms with Crippen LogP contribution in [0.5, 0.6) is 0 Å². The molecule has 3 aromatic carbocycles. The zero-order chi connectivity index (χ0) is 20.2. The zero-order valence-electron chi connectivity index (χ0n) is 18.3. The fraction of sp³-hybridized carbons (Fsp3) is 0.185. The number of hydrogen-bond donors (Lipinski definition) is 0. The van der Waals surface area contributed by atoms with Gasteiger partial charge in [0.25, 0.3) is 0 Å². The Morgan fingerprint density at radius 1 is 0.645 bits per heavy atom. The van der Waals surface area contributed by atoms with Crippen LogP contribution in [0.15, 0.2) is 84.4 Å². The van der Waals surface area contributed by atoms with Crippen LogP contribution in [-0.4, -0.2) is 6.88 Å². The molecule has 2 unspecified atom stereocenters. The van der Waals surface area contributed by atoms with Crippen molar-refractivity contribution in [1.82, 2.24) is 0 Å². The number of fused-ring (bicyclic) bond motifs is 2. The predicted octanol–water partition coefficient (Wildman–Crippen LogP) is 7.62. The van der Waals surface area contributed by atoms with Gasteiger partial charge in [0, 0.05) is 0 Å². The first-order valence-corrected chi connectivity index (χ1v) is 24.2. The van der Waals surface area contributed by atoms with Gasteiger partial charge in [0.2, 0.25) is 0 Å². The molecule has 2 aliphatic rings. The number of allylic oxidation sites excluding steroid dienone is 2. The van der Waals surface area contributed by atoms with E-state index in [-0.39, 0.29) is 24.8 Å². The van der Waals surface area contributed by atoms with Gasteiger partial charge in [-0.05, 0) is 0 Å². The molecule has 4 heteroatoms. The second-order valence-corrected chi connectivity index (χ2v) is 40.4. The summed E-state index contributed by atoms with van der Waals surface area (Å²) in [7, 11) is 0. The molecule has 31 heavy (non-hydrogen) atoms. The number of rotatable bonds is 3. The van der Waals surface area contributed by atoms with Gasteiger partial charge in [0.1, 0.15) is 0 Å². The average Bonchev–Trinajstić information content (AvgIpc) is 3.26. The fourth-order valence-electron chi connectivity index (χ4n) is 6.13. The summed E-state index contributed by atoms with van der Waals surface area (Å²) in [6.45, 7) is 4.78. The standard InChI is InChI=1S/C15H11.C10H9.2CH3.2ClH.H2Si.Zr/c1-2-6-12(7-3-1)15-10-13-8-4-5-9-14(13)11-15;1-8-6-9-4-2-3-5-10(9)7-8;;;;;;/h1-11H;2-7H,1H3;2*1H3;2*1H;1H2;. The van der Waals surface area contributed by atoms with E-state index in [2.05, 4.69) is 114 Å². The van der Waals surface area contributed by atoms with E-state index in [0.717, 1.165) is 0 Å². The molecule has 0 spiro atoms. The van der Waals surface area contributed by atoms with Gasteiger partial charge in [-0.25, -0.2) is 0 Å². The summed E-state index contributed by atoms with van der Waals surface area (Å²) in [5.41, 5.74) is 10.4. The van der Waals surface area contributed by atoms with Gasteiger partial charge in [-0.2, -0.15) is 0 Å². The van der Waals surface area contributed by atoms with Crippen LogP contribution in [0.2, 0.25) is 9.26 Å². The Morgan fingerprint density at radius 3 is 1.74 bits per heavy atom. The molecule has 0 radical (unpaired) electrons. The van der Waals surface area contributed by atoms with Crippen molar-refractivity contribution in [2.24, 2.45) is 0 Å². The maximum Gasteiger partial charge on any atom is -0.147 e. The van der Waals surface area contributed by atoms with Gasteiger partial charge in [0.05, 0.1) is 0 Å². The molecule has 2 atom stereocenters. The average molecular weight is 545 g/mol. The van der Waals surface area contributed by atoms with Crippen LogP contribution in [0.1, 0.15) is 42.0 Å². The number of hydrogen-bond acceptors (Lipinski definition) is 0. The minimum absolute atomic E-state index is 0. The minimum atomic E-state index is -3.39. The third kappa shape index (κ3) is 3.91. The molecule has 0 aliphatic heterocycles. The van der Waals surface area contributed by atoms with Gasteiger partial charge in [0.15, 0.2) is 0 Å². The summed E-state index contributed by atoms with van der Waals surface area (Å²) in [6.07, 6.45) is 4.92. The van der Waals surface area contributed by atoms with Gasteiger partial charge in [-0.1, -0.05) is 0 Å². The Hall–Kier alpha value is -1.18. The van der Waals surface area contributed by atoms with E-state index in [1.54, 1.807) is 16.7 Å². The van der Waals surface area contributed by atoms with Crippen molar-refractivity contribution in [3.05, 3.63) is 112 Å². The first-order valence-electron chi connectivity index (χ1n) is 10.6. The molecule has 0 saturated carbocycles. The molecule has 0 aromatic heterocycles. The normalized spacial score (nSPS) is 19.4. The van der Waals surface area contributed by atoms with Gasteiger partial charge < -0.3 is 0 Å². The minimum Gasteiger partial charge on any atom is -0.147 e. The number of benzene rings is 3. The van der Waals surface area contributed by atoms with Crippen LogP contribution in [0.4, 0.5) is 0 Å². The zero-order valence-corrected chi connectivity index (χ0v) is 23.8. The molecular formula is C27H30Cl2SiZr. The van der Waals surface area contributed by atoms with Crippen molar-refractivity contribution in [2.45, 2.75) is 23.4 Å². The van der Waals surface area contributed by atoms with E-state index in [4.69, 9.17) is 0 Å². The summed E-state index contributed by atoms with van der Waals surface area (Å²) in [5, 5.41) is 0. The van der Waals surface area contributed by atoms with Crippen molar-refractivity contribution in [3.63, 3.8) is 0 Å². The molecule has 0 fully saturated rings. The molecule has 160 valence electrons. The summed E-state index contributed by atoms with van der Waals surface area (Å²) in [6, 6.07) is 29.3. The third-order valence-corrected chi connectivity index (χ3v) is 24.6. The van der Waals surface area contributed by atoms with E-state index >= 15 is 0 Å². The first kappa shape index (κ1) is 24.5. The molecule has 0 saturated heterocycles. The Kier molecular flexibility index (Phi) is 6.82. The van der Waals surface area contributed by atoms with E-state index in [1.165, 1.54) is 22.3 Å². The van der Waals surface area contributed by atoms with E-state index in [0.29, 0.717) is 7.25 Å². The van der Waals surface area contributed by atoms with Gasteiger partial charge in [-0.3, -0.25) is 0 Å². The van der Waals surface area contributed by atoms with Crippen LogP contribution in [0.25, 0.3) is 17.7 Å². The van der Waals surface area contributed by atoms with Crippen LogP contribution in [0.3, 0.4) is 0 Å². The Labute approximate surface area is 201 Å². The SMILES string of the molecule is CC1=Cc2ccccc2[CH]1[Zr]([CH3])([CH3])(=[SiH2])[CH]1C(c2ccccc2)=Cc2ccccc21.Cl.Cl. The monoisotopic (exact) mass is 542 g/mol. The van der Waals surface area contributed by atoms with Crippen LogP contribution in [-0.2, 0) is 17.4 Å². The van der Waals surface area contributed by atoms with Gasteiger partial charge in [-0.15, -0.1) is 24.8 Å². The summed E-state index contributed by atoms with van der Waals surface area (Å²) in [4.78, 5) is 0. The molecule has 0 amide bonds. The smallest absolute Gasteiger partial charge is 0.147 e. The van der Waals surface area contributed by atoms with E-state index in [9.17, 15) is 0 Å². The van der Waals surface area contributed by atoms with Crippen molar-refractivity contribution in [3.8, 4) is 0 Å². The van der Waals surface area contributed by atoms with Crippen molar-refractivity contribution in [1.29, 1.82) is 0 Å². The molecule has 0 N–H and O–H groups in total. The first-order chi connectivity index (χ1) is 13.9. The van der Waals surface area contributed by atoms with Gasteiger partial charge >= 0.3 is 178 Å². The predicted molar refractivity (Wildman–Crippen MR) is 141 cm³/mol. The van der Waals surface area contributed by atoms with E-state index in [1.807, 2.05) is 0 Å². The molecular weight excluding hydrogens is 515 g/mol. The molecule has 2 aliphatic carbocycles. The summed E-state index contributed by atoms with van der Waals surface area (Å²) in [5.74, 6) is 0. The largest absolute Gasteiger partial charge is 0.147 e. The second-order valence-electron chi connectivity index (χ2n) is 9.91. The fourth-order valence-corrected chi connectivity index (χ4v) is 26.1. The molecule has 0 bridgehead atoms. The van der Waals surface area contributed by atoms with Crippen LogP contribution in [0, 0.1) is 0 Å². The molecule has 5 rings (SSSR count). The third-order valence-electron chi connectivity index (χ3n) is 7.08. The quantitative estimate of drug-likeness (QED) is 0.298. The number of halogens is 2. The molecule has 0 nitrogen and oxygen atoms in total. The van der Waals surface area contributed by atoms with Crippen LogP contribution < -0.4 is 0 Å². The topological polar surface area (TPSA) is 0 Å². The molecule has 3 aromatic rings. The Balaban J connectivity index is 0.00000136. The second kappa shape index (κ2) is 8.64.